The monoisotopic (exact) mass is 294 g/mol. The Kier molecular flexibility index (Phi) is 6.81. The first-order valence-electron chi connectivity index (χ1n) is 7.09. The van der Waals surface area contributed by atoms with Gasteiger partial charge in [-0.05, 0) is 46.1 Å². The van der Waals surface area contributed by atoms with Gasteiger partial charge < -0.3 is 25.5 Å². The van der Waals surface area contributed by atoms with E-state index in [1.165, 1.54) is 0 Å². The lowest BCUT2D eigenvalue weighted by Crippen LogP contribution is -2.29. The van der Waals surface area contributed by atoms with E-state index in [4.69, 9.17) is 15.7 Å². The fourth-order valence-corrected chi connectivity index (χ4v) is 2.20. The minimum Gasteiger partial charge on any atom is -0.497 e. The maximum Gasteiger partial charge on any atom is 0.172 e. The molecule has 0 spiro atoms. The van der Waals surface area contributed by atoms with Gasteiger partial charge in [0.25, 0.3) is 0 Å². The second kappa shape index (κ2) is 8.36. The minimum absolute atomic E-state index is 0.110. The summed E-state index contributed by atoms with van der Waals surface area (Å²) in [6.45, 7) is 4.84. The third kappa shape index (κ3) is 4.82. The zero-order chi connectivity index (χ0) is 15.8. The van der Waals surface area contributed by atoms with Crippen LogP contribution < -0.4 is 15.4 Å². The predicted molar refractivity (Wildman–Crippen MR) is 86.6 cm³/mol. The molecule has 0 amide bonds. The van der Waals surface area contributed by atoms with Crippen LogP contribution in [0, 0.1) is 0 Å². The number of hydrogen-bond donors (Lipinski definition) is 2. The van der Waals surface area contributed by atoms with Crippen molar-refractivity contribution in [2.75, 3.05) is 45.7 Å². The zero-order valence-electron chi connectivity index (χ0n) is 13.3. The van der Waals surface area contributed by atoms with Gasteiger partial charge in [0.2, 0.25) is 0 Å². The van der Waals surface area contributed by atoms with E-state index >= 15 is 0 Å². The molecule has 0 heterocycles. The number of oxime groups is 1. The zero-order valence-corrected chi connectivity index (χ0v) is 13.3. The molecule has 0 aliphatic rings. The molecule has 0 unspecified atom stereocenters. The van der Waals surface area contributed by atoms with Crippen molar-refractivity contribution in [2.24, 2.45) is 10.9 Å². The van der Waals surface area contributed by atoms with Gasteiger partial charge in [-0.3, -0.25) is 0 Å². The largest absolute Gasteiger partial charge is 0.497 e. The number of benzene rings is 1. The molecule has 1 aromatic carbocycles. The van der Waals surface area contributed by atoms with Crippen LogP contribution in [0.15, 0.2) is 23.4 Å². The molecule has 0 aromatic heterocycles. The average Bonchev–Trinajstić information content (AvgIpc) is 2.50. The van der Waals surface area contributed by atoms with Crippen molar-refractivity contribution in [3.8, 4) is 5.75 Å². The lowest BCUT2D eigenvalue weighted by atomic mass is 10.1. The summed E-state index contributed by atoms with van der Waals surface area (Å²) in [5.74, 6) is 0.865. The Balaban J connectivity index is 3.04. The van der Waals surface area contributed by atoms with Crippen LogP contribution in [0.1, 0.15) is 18.9 Å². The van der Waals surface area contributed by atoms with E-state index in [9.17, 15) is 0 Å². The van der Waals surface area contributed by atoms with E-state index in [0.29, 0.717) is 5.56 Å². The molecule has 6 heteroatoms. The molecule has 0 bridgehead atoms. The topological polar surface area (TPSA) is 74.3 Å². The summed E-state index contributed by atoms with van der Waals surface area (Å²) in [6, 6.07) is 5.55. The van der Waals surface area contributed by atoms with Gasteiger partial charge >= 0.3 is 0 Å². The van der Waals surface area contributed by atoms with Crippen molar-refractivity contribution in [2.45, 2.75) is 13.3 Å². The van der Waals surface area contributed by atoms with E-state index in [0.717, 1.165) is 37.5 Å². The summed E-state index contributed by atoms with van der Waals surface area (Å²) < 4.78 is 5.28. The number of rotatable bonds is 8. The van der Waals surface area contributed by atoms with Crippen molar-refractivity contribution in [3.63, 3.8) is 0 Å². The Hall–Kier alpha value is -1.95. The van der Waals surface area contributed by atoms with Crippen LogP contribution in [0.25, 0.3) is 0 Å². The van der Waals surface area contributed by atoms with Crippen molar-refractivity contribution >= 4 is 11.5 Å². The molecule has 6 nitrogen and oxygen atoms in total. The summed E-state index contributed by atoms with van der Waals surface area (Å²) in [5, 5.41) is 12.1. The van der Waals surface area contributed by atoms with E-state index in [1.54, 1.807) is 7.11 Å². The molecule has 0 aliphatic heterocycles. The first kappa shape index (κ1) is 17.1. The third-order valence-corrected chi connectivity index (χ3v) is 3.34. The van der Waals surface area contributed by atoms with Crippen LogP contribution in [0.3, 0.4) is 0 Å². The highest BCUT2D eigenvalue weighted by atomic mass is 16.5. The molecule has 1 rings (SSSR count). The van der Waals surface area contributed by atoms with Crippen molar-refractivity contribution in [1.82, 2.24) is 4.90 Å². The lowest BCUT2D eigenvalue weighted by molar-refractivity contribution is 0.318. The average molecular weight is 294 g/mol. The van der Waals surface area contributed by atoms with Crippen molar-refractivity contribution in [1.29, 1.82) is 0 Å². The Morgan fingerprint density at radius 3 is 2.57 bits per heavy atom. The SMILES string of the molecule is CCN(CCCN(C)C)c1cc(OC)ccc1/C(N)=N/O. The third-order valence-electron chi connectivity index (χ3n) is 3.34. The molecular weight excluding hydrogens is 268 g/mol. The predicted octanol–water partition coefficient (Wildman–Crippen LogP) is 1.57. The molecule has 0 saturated heterocycles. The summed E-state index contributed by atoms with van der Waals surface area (Å²) >= 11 is 0. The minimum atomic E-state index is 0.110. The van der Waals surface area contributed by atoms with E-state index in [-0.39, 0.29) is 5.84 Å². The van der Waals surface area contributed by atoms with Gasteiger partial charge in [0.05, 0.1) is 12.8 Å². The Bertz CT molecular complexity index is 475. The number of amidine groups is 1. The summed E-state index contributed by atoms with van der Waals surface area (Å²) in [5.41, 5.74) is 7.42. The van der Waals surface area contributed by atoms with Crippen LogP contribution in [-0.4, -0.2) is 56.8 Å². The molecular formula is C15H26N4O2. The first-order valence-corrected chi connectivity index (χ1v) is 7.09. The molecule has 0 radical (unpaired) electrons. The standard InChI is InChI=1S/C15H26N4O2/c1-5-19(10-6-9-18(2)3)14-11-12(21-4)7-8-13(14)15(16)17-20/h7-8,11,20H,5-6,9-10H2,1-4H3,(H2,16,17). The number of nitrogens with two attached hydrogens (primary N) is 1. The van der Waals surface area contributed by atoms with Crippen molar-refractivity contribution < 1.29 is 9.94 Å². The highest BCUT2D eigenvalue weighted by molar-refractivity contribution is 6.02. The fourth-order valence-electron chi connectivity index (χ4n) is 2.20. The Morgan fingerprint density at radius 1 is 1.33 bits per heavy atom. The fraction of sp³-hybridized carbons (Fsp3) is 0.533. The Morgan fingerprint density at radius 2 is 2.05 bits per heavy atom. The molecule has 118 valence electrons. The van der Waals surface area contributed by atoms with Gasteiger partial charge in [-0.1, -0.05) is 5.16 Å². The van der Waals surface area contributed by atoms with Crippen LogP contribution in [0.5, 0.6) is 5.75 Å². The van der Waals surface area contributed by atoms with Crippen LogP contribution in [-0.2, 0) is 0 Å². The molecule has 3 N–H and O–H groups in total. The summed E-state index contributed by atoms with van der Waals surface area (Å²) in [7, 11) is 5.75. The maximum absolute atomic E-state index is 8.95. The van der Waals surface area contributed by atoms with E-state index < -0.39 is 0 Å². The van der Waals surface area contributed by atoms with Gasteiger partial charge in [-0.15, -0.1) is 0 Å². The first-order chi connectivity index (χ1) is 10.0. The smallest absolute Gasteiger partial charge is 0.172 e. The summed E-state index contributed by atoms with van der Waals surface area (Å²) in [6.07, 6.45) is 1.04. The maximum atomic E-state index is 8.95. The highest BCUT2D eigenvalue weighted by Crippen LogP contribution is 2.26. The van der Waals surface area contributed by atoms with Gasteiger partial charge in [0.15, 0.2) is 5.84 Å². The number of hydrogen-bond acceptors (Lipinski definition) is 5. The van der Waals surface area contributed by atoms with Gasteiger partial charge in [-0.25, -0.2) is 0 Å². The van der Waals surface area contributed by atoms with Gasteiger partial charge in [0.1, 0.15) is 5.75 Å². The summed E-state index contributed by atoms with van der Waals surface area (Å²) in [4.78, 5) is 4.36. The number of anilines is 1. The number of nitrogens with zero attached hydrogens (tertiary/aromatic N) is 3. The van der Waals surface area contributed by atoms with Crippen LogP contribution in [0.4, 0.5) is 5.69 Å². The second-order valence-electron chi connectivity index (χ2n) is 5.10. The molecule has 21 heavy (non-hydrogen) atoms. The molecule has 0 atom stereocenters. The molecule has 0 fully saturated rings. The normalized spacial score (nSPS) is 11.8. The second-order valence-corrected chi connectivity index (χ2v) is 5.10. The van der Waals surface area contributed by atoms with Crippen molar-refractivity contribution in [3.05, 3.63) is 23.8 Å². The highest BCUT2D eigenvalue weighted by Gasteiger charge is 2.14. The molecule has 0 saturated carbocycles. The van der Waals surface area contributed by atoms with Crippen LogP contribution in [0.2, 0.25) is 0 Å². The van der Waals surface area contributed by atoms with Gasteiger partial charge in [-0.2, -0.15) is 0 Å². The van der Waals surface area contributed by atoms with Crippen LogP contribution >= 0.6 is 0 Å². The number of ether oxygens (including phenoxy) is 1. The van der Waals surface area contributed by atoms with E-state index in [1.807, 2.05) is 18.2 Å². The van der Waals surface area contributed by atoms with Gasteiger partial charge in [0, 0.05) is 24.7 Å². The molecule has 1 aromatic rings. The Labute approximate surface area is 126 Å². The lowest BCUT2D eigenvalue weighted by Gasteiger charge is -2.26. The quantitative estimate of drug-likeness (QED) is 0.329. The number of methoxy groups -OCH3 is 1. The van der Waals surface area contributed by atoms with E-state index in [2.05, 4.69) is 36.0 Å². The molecule has 0 aliphatic carbocycles.